The molecule has 0 spiro atoms. The van der Waals surface area contributed by atoms with Crippen LogP contribution in [0.2, 0.25) is 0 Å². The van der Waals surface area contributed by atoms with E-state index in [-0.39, 0.29) is 11.8 Å². The van der Waals surface area contributed by atoms with Gasteiger partial charge in [-0.25, -0.2) is 0 Å². The van der Waals surface area contributed by atoms with E-state index >= 15 is 0 Å². The van der Waals surface area contributed by atoms with Crippen molar-refractivity contribution in [3.8, 4) is 11.5 Å². The lowest BCUT2D eigenvalue weighted by Gasteiger charge is -2.35. The van der Waals surface area contributed by atoms with E-state index in [9.17, 15) is 47.9 Å². The normalized spacial score (nSPS) is 17.6. The van der Waals surface area contributed by atoms with Gasteiger partial charge in [0.05, 0.1) is 0 Å². The Morgan fingerprint density at radius 2 is 1.23 bits per heavy atom. The molecule has 0 saturated heterocycles. The smallest absolute Gasteiger partial charge is 0.460 e. The summed E-state index contributed by atoms with van der Waals surface area (Å²) in [4.78, 5) is 0. The maximum atomic E-state index is 14.2. The summed E-state index contributed by atoms with van der Waals surface area (Å²) in [5.41, 5.74) is 4.28. The summed E-state index contributed by atoms with van der Waals surface area (Å²) in [6, 6.07) is 28.6. The van der Waals surface area contributed by atoms with E-state index in [0.717, 1.165) is 34.4 Å². The van der Waals surface area contributed by atoms with E-state index in [1.54, 1.807) is 6.07 Å². The molecule has 1 aliphatic carbocycles. The maximum absolute atomic E-state index is 14.2. The summed E-state index contributed by atoms with van der Waals surface area (Å²) in [6.45, 7) is 0.332. The number of fused-ring (bicyclic) bond motifs is 1. The van der Waals surface area contributed by atoms with Crippen LogP contribution >= 0.6 is 0 Å². The molecule has 5 rings (SSSR count). The van der Waals surface area contributed by atoms with Crippen LogP contribution in [0.4, 0.5) is 39.5 Å². The Bertz CT molecular complexity index is 1800. The van der Waals surface area contributed by atoms with Crippen molar-refractivity contribution in [2.24, 2.45) is 0 Å². The number of halogens is 9. The quantitative estimate of drug-likeness (QED) is 0.123. The molecule has 0 aromatic heterocycles. The lowest BCUT2D eigenvalue weighted by Crippen LogP contribution is -2.63. The van der Waals surface area contributed by atoms with Gasteiger partial charge >= 0.3 is 33.4 Å². The fourth-order valence-electron chi connectivity index (χ4n) is 5.53. The molecular weight excluding hydrogens is 663 g/mol. The van der Waals surface area contributed by atoms with E-state index < -0.39 is 39.1 Å². The third-order valence-corrected chi connectivity index (χ3v) is 9.22. The lowest BCUT2D eigenvalue weighted by atomic mass is 9.69. The Balaban J connectivity index is 1.44. The first-order chi connectivity index (χ1) is 22.0. The van der Waals surface area contributed by atoms with Gasteiger partial charge in [0.2, 0.25) is 0 Å². The van der Waals surface area contributed by atoms with Gasteiger partial charge in [0.15, 0.2) is 0 Å². The van der Waals surface area contributed by atoms with Crippen LogP contribution in [-0.4, -0.2) is 31.7 Å². The van der Waals surface area contributed by atoms with Crippen molar-refractivity contribution in [1.82, 2.24) is 0 Å². The van der Waals surface area contributed by atoms with Gasteiger partial charge in [0.1, 0.15) is 18.1 Å². The topological polar surface area (TPSA) is 52.6 Å². The van der Waals surface area contributed by atoms with Crippen LogP contribution in [0.3, 0.4) is 0 Å². The molecule has 0 saturated carbocycles. The highest BCUT2D eigenvalue weighted by Gasteiger charge is 2.86. The Labute approximate surface area is 263 Å². The molecule has 2 atom stereocenters. The number of hydrogen-bond acceptors (Lipinski definition) is 4. The molecule has 4 aromatic carbocycles. The SMILES string of the molecule is O=S(=O)(Oc1ccc(C2c3ccc(OCc4ccccc4)cc3CCC2c2ccccc2)cc1)C(F)(F)C(F)(F)C(F)(F)C(F)(F)F. The molecule has 0 amide bonds. The molecule has 4 nitrogen and oxygen atoms in total. The van der Waals surface area contributed by atoms with Gasteiger partial charge in [-0.15, -0.1) is 0 Å². The number of ether oxygens (including phenoxy) is 1. The number of hydrogen-bond donors (Lipinski definition) is 0. The van der Waals surface area contributed by atoms with E-state index in [2.05, 4.69) is 4.18 Å². The van der Waals surface area contributed by atoms with Gasteiger partial charge in [0.25, 0.3) is 0 Å². The third-order valence-electron chi connectivity index (χ3n) is 7.93. The Kier molecular flexibility index (Phi) is 9.03. The van der Waals surface area contributed by atoms with Crippen molar-refractivity contribution in [3.63, 3.8) is 0 Å². The number of alkyl halides is 9. The Hall–Kier alpha value is -4.20. The van der Waals surface area contributed by atoms with Gasteiger partial charge in [-0.3, -0.25) is 0 Å². The molecule has 0 heterocycles. The largest absolute Gasteiger partial charge is 0.489 e. The highest BCUT2D eigenvalue weighted by Crippen LogP contribution is 2.55. The van der Waals surface area contributed by atoms with Crippen LogP contribution < -0.4 is 8.92 Å². The number of aryl methyl sites for hydroxylation is 1. The summed E-state index contributed by atoms with van der Waals surface area (Å²) in [5, 5.41) is -6.96. The van der Waals surface area contributed by atoms with Crippen LogP contribution in [0, 0.1) is 0 Å². The van der Waals surface area contributed by atoms with Crippen LogP contribution in [0.25, 0.3) is 0 Å². The highest BCUT2D eigenvalue weighted by atomic mass is 32.2. The average molecular weight is 689 g/mol. The summed E-state index contributed by atoms with van der Waals surface area (Å²) in [6.07, 6.45) is -5.86. The van der Waals surface area contributed by atoms with Crippen molar-refractivity contribution in [1.29, 1.82) is 0 Å². The first-order valence-electron chi connectivity index (χ1n) is 14.0. The average Bonchev–Trinajstić information content (AvgIpc) is 3.03. The third kappa shape index (κ3) is 6.39. The standard InChI is InChI=1S/C33H25F9O4S/c34-30(35,32(38,39)40)31(36,37)33(41,42)47(43,44)46-25-14-11-23(12-15-25)29-27(22-9-5-2-6-10-22)17-13-24-19-26(16-18-28(24)29)45-20-21-7-3-1-4-8-21/h1-12,14-16,18-19,27,29H,13,17,20H2. The molecule has 0 fully saturated rings. The fourth-order valence-corrected chi connectivity index (χ4v) is 6.44. The first kappa shape index (κ1) is 34.1. The number of rotatable bonds is 10. The molecule has 0 radical (unpaired) electrons. The lowest BCUT2D eigenvalue weighted by molar-refractivity contribution is -0.382. The van der Waals surface area contributed by atoms with Crippen molar-refractivity contribution in [2.45, 2.75) is 54.6 Å². The van der Waals surface area contributed by atoms with Crippen molar-refractivity contribution in [2.75, 3.05) is 0 Å². The molecule has 250 valence electrons. The van der Waals surface area contributed by atoms with E-state index in [1.165, 1.54) is 12.1 Å². The van der Waals surface area contributed by atoms with E-state index in [1.807, 2.05) is 72.8 Å². The van der Waals surface area contributed by atoms with Crippen molar-refractivity contribution >= 4 is 10.1 Å². The van der Waals surface area contributed by atoms with Gasteiger partial charge in [-0.05, 0) is 70.8 Å². The molecular formula is C33H25F9O4S. The minimum atomic E-state index is -7.39. The number of benzene rings is 4. The van der Waals surface area contributed by atoms with Gasteiger partial charge < -0.3 is 8.92 Å². The molecule has 0 bridgehead atoms. The second-order valence-corrected chi connectivity index (χ2v) is 12.5. The minimum Gasteiger partial charge on any atom is -0.489 e. The highest BCUT2D eigenvalue weighted by molar-refractivity contribution is 7.88. The van der Waals surface area contributed by atoms with Crippen LogP contribution in [0.1, 0.15) is 46.1 Å². The van der Waals surface area contributed by atoms with E-state index in [4.69, 9.17) is 4.74 Å². The fraction of sp³-hybridized carbons (Fsp3) is 0.273. The maximum Gasteiger partial charge on any atom is 0.460 e. The second-order valence-electron chi connectivity index (χ2n) is 10.9. The van der Waals surface area contributed by atoms with Crippen molar-refractivity contribution in [3.05, 3.63) is 131 Å². The second kappa shape index (κ2) is 12.4. The molecule has 47 heavy (non-hydrogen) atoms. The minimum absolute atomic E-state index is 0.122. The molecule has 0 aliphatic heterocycles. The summed E-state index contributed by atoms with van der Waals surface area (Å²) < 4.78 is 154. The molecule has 1 aliphatic rings. The van der Waals surface area contributed by atoms with E-state index in [0.29, 0.717) is 30.8 Å². The predicted molar refractivity (Wildman–Crippen MR) is 153 cm³/mol. The molecule has 4 aromatic rings. The molecule has 14 heteroatoms. The predicted octanol–water partition coefficient (Wildman–Crippen LogP) is 9.26. The first-order valence-corrected chi connectivity index (χ1v) is 15.5. The Morgan fingerprint density at radius 3 is 1.83 bits per heavy atom. The molecule has 0 N–H and O–H groups in total. The van der Waals surface area contributed by atoms with Crippen LogP contribution in [-0.2, 0) is 23.1 Å². The van der Waals surface area contributed by atoms with Gasteiger partial charge in [-0.1, -0.05) is 78.9 Å². The molecule has 2 unspecified atom stereocenters. The zero-order chi connectivity index (χ0) is 34.3. The van der Waals surface area contributed by atoms with Crippen LogP contribution in [0.5, 0.6) is 11.5 Å². The summed E-state index contributed by atoms with van der Waals surface area (Å²) in [5.74, 6) is -15.7. The zero-order valence-electron chi connectivity index (χ0n) is 24.0. The summed E-state index contributed by atoms with van der Waals surface area (Å²) >= 11 is 0. The summed E-state index contributed by atoms with van der Waals surface area (Å²) in [7, 11) is -7.06. The Morgan fingerprint density at radius 1 is 0.660 bits per heavy atom. The van der Waals surface area contributed by atoms with Crippen molar-refractivity contribution < 1.29 is 56.9 Å². The van der Waals surface area contributed by atoms with Crippen LogP contribution in [0.15, 0.2) is 103 Å². The zero-order valence-corrected chi connectivity index (χ0v) is 24.9. The monoisotopic (exact) mass is 688 g/mol. The van der Waals surface area contributed by atoms with Gasteiger partial charge in [0, 0.05) is 5.92 Å². The van der Waals surface area contributed by atoms with Gasteiger partial charge in [-0.2, -0.15) is 47.9 Å².